The summed E-state index contributed by atoms with van der Waals surface area (Å²) in [4.78, 5) is 8.06. The van der Waals surface area contributed by atoms with Crippen molar-refractivity contribution in [3.63, 3.8) is 0 Å². The van der Waals surface area contributed by atoms with E-state index in [-0.39, 0.29) is 0 Å². The van der Waals surface area contributed by atoms with Gasteiger partial charge in [-0.3, -0.25) is 4.98 Å². The summed E-state index contributed by atoms with van der Waals surface area (Å²) in [7, 11) is 1.57. The maximum Gasteiger partial charge on any atom is 0.256 e. The number of methoxy groups -OCH3 is 1. The number of hydrogen-bond acceptors (Lipinski definition) is 4. The monoisotopic (exact) mass is 216 g/mol. The van der Waals surface area contributed by atoms with Gasteiger partial charge in [0.25, 0.3) is 5.88 Å². The second-order valence-electron chi connectivity index (χ2n) is 3.16. The minimum Gasteiger partial charge on any atom is -0.483 e. The van der Waals surface area contributed by atoms with Crippen molar-refractivity contribution in [3.8, 4) is 11.6 Å². The molecule has 2 aromatic rings. The Morgan fingerprint density at radius 1 is 1.19 bits per heavy atom. The van der Waals surface area contributed by atoms with E-state index >= 15 is 0 Å². The maximum atomic E-state index is 5.59. The molecule has 0 aliphatic heterocycles. The number of hydrogen-bond donors (Lipinski definition) is 0. The molecular formula is C12H12N2O2. The van der Waals surface area contributed by atoms with E-state index in [0.717, 1.165) is 5.56 Å². The van der Waals surface area contributed by atoms with Crippen LogP contribution in [0.5, 0.6) is 11.6 Å². The van der Waals surface area contributed by atoms with E-state index in [1.54, 1.807) is 31.8 Å². The molecule has 0 radical (unpaired) electrons. The summed E-state index contributed by atoms with van der Waals surface area (Å²) >= 11 is 0. The highest BCUT2D eigenvalue weighted by Crippen LogP contribution is 2.23. The highest BCUT2D eigenvalue weighted by molar-refractivity contribution is 5.32. The van der Waals surface area contributed by atoms with Crippen LogP contribution in [0.1, 0.15) is 5.56 Å². The molecule has 4 nitrogen and oxygen atoms in total. The zero-order valence-electron chi connectivity index (χ0n) is 8.96. The minimum atomic E-state index is 0.454. The summed E-state index contributed by atoms with van der Waals surface area (Å²) < 4.78 is 10.7. The molecule has 0 saturated carbocycles. The summed E-state index contributed by atoms with van der Waals surface area (Å²) in [6.45, 7) is 0.454. The van der Waals surface area contributed by atoms with E-state index < -0.39 is 0 Å². The Balaban J connectivity index is 2.05. The molecule has 82 valence electrons. The average molecular weight is 216 g/mol. The second-order valence-corrected chi connectivity index (χ2v) is 3.16. The Labute approximate surface area is 93.9 Å². The first-order chi connectivity index (χ1) is 7.90. The lowest BCUT2D eigenvalue weighted by molar-refractivity contribution is 0.279. The molecule has 0 saturated heterocycles. The van der Waals surface area contributed by atoms with Crippen LogP contribution in [0.4, 0.5) is 0 Å². The van der Waals surface area contributed by atoms with Gasteiger partial charge in [0.1, 0.15) is 6.61 Å². The highest BCUT2D eigenvalue weighted by atomic mass is 16.5. The normalized spacial score (nSPS) is 9.81. The van der Waals surface area contributed by atoms with Gasteiger partial charge in [0.05, 0.1) is 7.11 Å². The maximum absolute atomic E-state index is 5.59. The molecule has 0 aliphatic rings. The molecule has 0 amide bonds. The van der Waals surface area contributed by atoms with Crippen LogP contribution in [-0.4, -0.2) is 17.1 Å². The van der Waals surface area contributed by atoms with Crippen LogP contribution >= 0.6 is 0 Å². The van der Waals surface area contributed by atoms with Crippen LogP contribution in [-0.2, 0) is 6.61 Å². The Bertz CT molecular complexity index is 446. The molecule has 0 atom stereocenters. The van der Waals surface area contributed by atoms with Gasteiger partial charge in [-0.25, -0.2) is 4.98 Å². The van der Waals surface area contributed by atoms with E-state index in [2.05, 4.69) is 9.97 Å². The van der Waals surface area contributed by atoms with E-state index in [0.29, 0.717) is 18.2 Å². The molecule has 0 fully saturated rings. The average Bonchev–Trinajstić information content (AvgIpc) is 2.38. The molecule has 2 heterocycles. The standard InChI is InChI=1S/C12H12N2O2/c1-15-12-11(5-3-7-14-12)16-9-10-4-2-6-13-8-10/h2-8H,9H2,1H3. The van der Waals surface area contributed by atoms with Crippen molar-refractivity contribution < 1.29 is 9.47 Å². The minimum absolute atomic E-state index is 0.454. The highest BCUT2D eigenvalue weighted by Gasteiger charge is 2.03. The molecule has 0 aliphatic carbocycles. The first-order valence-corrected chi connectivity index (χ1v) is 4.91. The summed E-state index contributed by atoms with van der Waals surface area (Å²) in [5.41, 5.74) is 1.01. The smallest absolute Gasteiger partial charge is 0.256 e. The molecular weight excluding hydrogens is 204 g/mol. The quantitative estimate of drug-likeness (QED) is 0.784. The summed E-state index contributed by atoms with van der Waals surface area (Å²) in [6.07, 6.45) is 5.16. The van der Waals surface area contributed by atoms with Crippen LogP contribution in [0, 0.1) is 0 Å². The number of ether oxygens (including phenoxy) is 2. The first kappa shape index (κ1) is 10.4. The van der Waals surface area contributed by atoms with Crippen LogP contribution in [0.15, 0.2) is 42.9 Å². The SMILES string of the molecule is COc1ncccc1OCc1cccnc1. The summed E-state index contributed by atoms with van der Waals surface area (Å²) in [6, 6.07) is 7.46. The van der Waals surface area contributed by atoms with Crippen LogP contribution in [0.3, 0.4) is 0 Å². The number of aromatic nitrogens is 2. The van der Waals surface area contributed by atoms with Crippen LogP contribution in [0.25, 0.3) is 0 Å². The lowest BCUT2D eigenvalue weighted by Gasteiger charge is -2.08. The topological polar surface area (TPSA) is 44.2 Å². The Hall–Kier alpha value is -2.10. The van der Waals surface area contributed by atoms with E-state index in [1.165, 1.54) is 0 Å². The van der Waals surface area contributed by atoms with Gasteiger partial charge in [0.2, 0.25) is 0 Å². The summed E-state index contributed by atoms with van der Waals surface area (Å²) in [5, 5.41) is 0. The number of nitrogens with zero attached hydrogens (tertiary/aromatic N) is 2. The van der Waals surface area contributed by atoms with Crippen molar-refractivity contribution in [2.24, 2.45) is 0 Å². The van der Waals surface area contributed by atoms with Crippen LogP contribution < -0.4 is 9.47 Å². The van der Waals surface area contributed by atoms with Gasteiger partial charge in [0, 0.05) is 24.2 Å². The van der Waals surface area contributed by atoms with Crippen molar-refractivity contribution in [2.75, 3.05) is 7.11 Å². The van der Waals surface area contributed by atoms with Gasteiger partial charge in [-0.15, -0.1) is 0 Å². The lowest BCUT2D eigenvalue weighted by Crippen LogP contribution is -1.98. The fraction of sp³-hybridized carbons (Fsp3) is 0.167. The Morgan fingerprint density at radius 2 is 2.06 bits per heavy atom. The van der Waals surface area contributed by atoms with Crippen LogP contribution in [0.2, 0.25) is 0 Å². The fourth-order valence-corrected chi connectivity index (χ4v) is 1.28. The van der Waals surface area contributed by atoms with Crippen molar-refractivity contribution in [1.29, 1.82) is 0 Å². The molecule has 0 aromatic carbocycles. The lowest BCUT2D eigenvalue weighted by atomic mass is 10.3. The van der Waals surface area contributed by atoms with Gasteiger partial charge in [-0.1, -0.05) is 6.07 Å². The van der Waals surface area contributed by atoms with E-state index in [4.69, 9.17) is 9.47 Å². The molecule has 0 unspecified atom stereocenters. The molecule has 2 rings (SSSR count). The Morgan fingerprint density at radius 3 is 2.81 bits per heavy atom. The predicted molar refractivity (Wildman–Crippen MR) is 59.4 cm³/mol. The number of rotatable bonds is 4. The molecule has 4 heteroatoms. The van der Waals surface area contributed by atoms with Crippen molar-refractivity contribution in [2.45, 2.75) is 6.61 Å². The molecule has 0 N–H and O–H groups in total. The first-order valence-electron chi connectivity index (χ1n) is 4.91. The molecule has 0 spiro atoms. The van der Waals surface area contributed by atoms with E-state index in [9.17, 15) is 0 Å². The Kier molecular flexibility index (Phi) is 3.33. The van der Waals surface area contributed by atoms with Gasteiger partial charge in [0.15, 0.2) is 5.75 Å². The fourth-order valence-electron chi connectivity index (χ4n) is 1.28. The van der Waals surface area contributed by atoms with Crippen molar-refractivity contribution >= 4 is 0 Å². The predicted octanol–water partition coefficient (Wildman–Crippen LogP) is 2.06. The third kappa shape index (κ3) is 2.48. The third-order valence-corrected chi connectivity index (χ3v) is 2.05. The van der Waals surface area contributed by atoms with Gasteiger partial charge < -0.3 is 9.47 Å². The van der Waals surface area contributed by atoms with Gasteiger partial charge in [-0.05, 0) is 18.2 Å². The molecule has 0 bridgehead atoms. The van der Waals surface area contributed by atoms with E-state index in [1.807, 2.05) is 18.2 Å². The van der Waals surface area contributed by atoms with Crippen molar-refractivity contribution in [1.82, 2.24) is 9.97 Å². The van der Waals surface area contributed by atoms with Crippen molar-refractivity contribution in [3.05, 3.63) is 48.4 Å². The number of pyridine rings is 2. The van der Waals surface area contributed by atoms with Gasteiger partial charge in [-0.2, -0.15) is 0 Å². The zero-order chi connectivity index (χ0) is 11.2. The summed E-state index contributed by atoms with van der Waals surface area (Å²) in [5.74, 6) is 1.13. The molecule has 2 aromatic heterocycles. The molecule has 16 heavy (non-hydrogen) atoms. The largest absolute Gasteiger partial charge is 0.483 e. The third-order valence-electron chi connectivity index (χ3n) is 2.05. The second kappa shape index (κ2) is 5.11. The zero-order valence-corrected chi connectivity index (χ0v) is 8.96. The van der Waals surface area contributed by atoms with Gasteiger partial charge >= 0.3 is 0 Å².